The maximum Gasteiger partial charge on any atom is 0.144 e. The lowest BCUT2D eigenvalue weighted by molar-refractivity contribution is -0.0628. The van der Waals surface area contributed by atoms with Crippen LogP contribution in [0.3, 0.4) is 0 Å². The zero-order valence-corrected chi connectivity index (χ0v) is 11.8. The van der Waals surface area contributed by atoms with E-state index < -0.39 is 0 Å². The highest BCUT2D eigenvalue weighted by molar-refractivity contribution is 7.99. The van der Waals surface area contributed by atoms with E-state index in [9.17, 15) is 0 Å². The number of aromatic nitrogens is 1. The van der Waals surface area contributed by atoms with Crippen LogP contribution in [0, 0.1) is 0 Å². The van der Waals surface area contributed by atoms with Gasteiger partial charge < -0.3 is 10.1 Å². The summed E-state index contributed by atoms with van der Waals surface area (Å²) in [4.78, 5) is 4.30. The van der Waals surface area contributed by atoms with Crippen molar-refractivity contribution in [3.05, 3.63) is 23.4 Å². The first-order valence-corrected chi connectivity index (χ1v) is 7.89. The monoisotopic (exact) mass is 284 g/mol. The van der Waals surface area contributed by atoms with Gasteiger partial charge in [0.15, 0.2) is 0 Å². The van der Waals surface area contributed by atoms with Gasteiger partial charge in [-0.15, -0.1) is 0 Å². The molecule has 0 aromatic carbocycles. The van der Waals surface area contributed by atoms with Crippen LogP contribution in [0.5, 0.6) is 0 Å². The molecule has 98 valence electrons. The zero-order chi connectivity index (χ0) is 12.4. The Balaban J connectivity index is 1.68. The number of halogens is 1. The predicted molar refractivity (Wildman–Crippen MR) is 76.5 cm³/mol. The first kappa shape index (κ1) is 12.6. The second-order valence-electron chi connectivity index (χ2n) is 5.00. The predicted octanol–water partition coefficient (Wildman–Crippen LogP) is 3.20. The van der Waals surface area contributed by atoms with Crippen molar-refractivity contribution in [3.63, 3.8) is 0 Å². The molecule has 2 fully saturated rings. The summed E-state index contributed by atoms with van der Waals surface area (Å²) in [6.07, 6.45) is 5.03. The van der Waals surface area contributed by atoms with Crippen molar-refractivity contribution in [2.45, 2.75) is 30.9 Å². The molecular weight excluding hydrogens is 268 g/mol. The molecule has 3 heterocycles. The van der Waals surface area contributed by atoms with Gasteiger partial charge in [-0.1, -0.05) is 11.6 Å². The van der Waals surface area contributed by atoms with Crippen LogP contribution < -0.4 is 5.32 Å². The summed E-state index contributed by atoms with van der Waals surface area (Å²) in [5.74, 6) is 3.14. The lowest BCUT2D eigenvalue weighted by Crippen LogP contribution is -2.44. The van der Waals surface area contributed by atoms with E-state index in [2.05, 4.69) is 10.3 Å². The third kappa shape index (κ3) is 2.60. The Hall–Kier alpha value is -0.450. The van der Waals surface area contributed by atoms with Crippen LogP contribution in [0.25, 0.3) is 0 Å². The highest BCUT2D eigenvalue weighted by Crippen LogP contribution is 2.39. The van der Waals surface area contributed by atoms with E-state index in [0.29, 0.717) is 11.1 Å². The van der Waals surface area contributed by atoms with Gasteiger partial charge in [0, 0.05) is 24.6 Å². The molecule has 1 N–H and O–H groups in total. The van der Waals surface area contributed by atoms with Gasteiger partial charge in [0.25, 0.3) is 0 Å². The Kier molecular flexibility index (Phi) is 3.68. The Bertz CT molecular complexity index is 423. The van der Waals surface area contributed by atoms with Gasteiger partial charge in [0.05, 0.1) is 10.6 Å². The number of ether oxygens (including phenoxy) is 1. The molecular formula is C13H17ClN2OS. The number of nitrogens with zero attached hydrogens (tertiary/aromatic N) is 1. The van der Waals surface area contributed by atoms with E-state index in [1.165, 1.54) is 12.2 Å². The lowest BCUT2D eigenvalue weighted by Gasteiger charge is -2.38. The van der Waals surface area contributed by atoms with Crippen molar-refractivity contribution < 1.29 is 4.74 Å². The van der Waals surface area contributed by atoms with E-state index in [-0.39, 0.29) is 5.60 Å². The molecule has 0 radical (unpaired) electrons. The van der Waals surface area contributed by atoms with Gasteiger partial charge >= 0.3 is 0 Å². The topological polar surface area (TPSA) is 34.2 Å². The van der Waals surface area contributed by atoms with E-state index in [4.69, 9.17) is 16.3 Å². The number of pyridine rings is 1. The van der Waals surface area contributed by atoms with Crippen molar-refractivity contribution in [2.24, 2.45) is 0 Å². The molecule has 2 aliphatic heterocycles. The first-order valence-electron chi connectivity index (χ1n) is 6.36. The summed E-state index contributed by atoms with van der Waals surface area (Å²) in [7, 11) is 0. The summed E-state index contributed by atoms with van der Waals surface area (Å²) in [5, 5.41) is 4.16. The maximum atomic E-state index is 6.13. The zero-order valence-electron chi connectivity index (χ0n) is 10.2. The Morgan fingerprint density at radius 1 is 1.56 bits per heavy atom. The average molecular weight is 285 g/mol. The van der Waals surface area contributed by atoms with E-state index in [1.807, 2.05) is 23.9 Å². The number of anilines is 1. The van der Waals surface area contributed by atoms with Gasteiger partial charge in [0.1, 0.15) is 5.82 Å². The van der Waals surface area contributed by atoms with E-state index >= 15 is 0 Å². The van der Waals surface area contributed by atoms with Gasteiger partial charge in [-0.25, -0.2) is 4.98 Å². The van der Waals surface area contributed by atoms with Gasteiger partial charge in [-0.05, 0) is 37.1 Å². The quantitative estimate of drug-likeness (QED) is 0.904. The smallest absolute Gasteiger partial charge is 0.144 e. The van der Waals surface area contributed by atoms with Crippen molar-refractivity contribution >= 4 is 29.2 Å². The third-order valence-electron chi connectivity index (χ3n) is 3.66. The van der Waals surface area contributed by atoms with Crippen LogP contribution in [0.1, 0.15) is 19.3 Å². The molecule has 0 amide bonds. The second kappa shape index (κ2) is 5.27. The van der Waals surface area contributed by atoms with Gasteiger partial charge in [-0.3, -0.25) is 0 Å². The highest BCUT2D eigenvalue weighted by atomic mass is 35.5. The molecule has 2 aliphatic rings. The maximum absolute atomic E-state index is 6.13. The Labute approximate surface area is 117 Å². The van der Waals surface area contributed by atoms with Crippen molar-refractivity contribution in [1.29, 1.82) is 0 Å². The van der Waals surface area contributed by atoms with Crippen LogP contribution >= 0.6 is 23.4 Å². The molecule has 18 heavy (non-hydrogen) atoms. The SMILES string of the molecule is Clc1cccnc1N[C@@H]1CCO[C@]2(CCSC2)C1. The number of hydrogen-bond donors (Lipinski definition) is 1. The molecule has 3 rings (SSSR count). The standard InChI is InChI=1S/C13H17ClN2OS/c14-11-2-1-5-15-12(11)16-10-3-6-17-13(8-10)4-7-18-9-13/h1-2,5,10H,3-4,6-9H2,(H,15,16)/t10-,13-/m1/s1. The summed E-state index contributed by atoms with van der Waals surface area (Å²) < 4.78 is 6.01. The number of nitrogens with one attached hydrogen (secondary N) is 1. The number of hydrogen-bond acceptors (Lipinski definition) is 4. The summed E-state index contributed by atoms with van der Waals surface area (Å²) in [6.45, 7) is 0.836. The van der Waals surface area contributed by atoms with Crippen LogP contribution in [-0.2, 0) is 4.74 Å². The Morgan fingerprint density at radius 2 is 2.50 bits per heavy atom. The fourth-order valence-electron chi connectivity index (χ4n) is 2.70. The number of rotatable bonds is 2. The van der Waals surface area contributed by atoms with E-state index in [0.717, 1.165) is 31.0 Å². The van der Waals surface area contributed by atoms with Crippen LogP contribution in [0.2, 0.25) is 5.02 Å². The highest BCUT2D eigenvalue weighted by Gasteiger charge is 2.40. The van der Waals surface area contributed by atoms with Crippen molar-refractivity contribution in [3.8, 4) is 0 Å². The minimum Gasteiger partial charge on any atom is -0.374 e. The fraction of sp³-hybridized carbons (Fsp3) is 0.615. The molecule has 0 unspecified atom stereocenters. The molecule has 0 bridgehead atoms. The molecule has 0 aliphatic carbocycles. The Morgan fingerprint density at radius 3 is 3.28 bits per heavy atom. The normalized spacial score (nSPS) is 31.7. The minimum absolute atomic E-state index is 0.0990. The minimum atomic E-state index is 0.0990. The summed E-state index contributed by atoms with van der Waals surface area (Å²) >= 11 is 8.13. The number of thioether (sulfide) groups is 1. The molecule has 2 atom stereocenters. The molecule has 0 saturated carbocycles. The van der Waals surface area contributed by atoms with Gasteiger partial charge in [-0.2, -0.15) is 11.8 Å². The van der Waals surface area contributed by atoms with Crippen LogP contribution in [0.15, 0.2) is 18.3 Å². The van der Waals surface area contributed by atoms with Crippen LogP contribution in [0.4, 0.5) is 5.82 Å². The molecule has 1 aromatic rings. The molecule has 1 spiro atoms. The molecule has 3 nitrogen and oxygen atoms in total. The van der Waals surface area contributed by atoms with Crippen molar-refractivity contribution in [2.75, 3.05) is 23.4 Å². The van der Waals surface area contributed by atoms with Crippen LogP contribution in [-0.4, -0.2) is 34.7 Å². The van der Waals surface area contributed by atoms with E-state index in [1.54, 1.807) is 6.20 Å². The first-order chi connectivity index (χ1) is 8.77. The third-order valence-corrected chi connectivity index (χ3v) is 5.19. The van der Waals surface area contributed by atoms with Crippen molar-refractivity contribution in [1.82, 2.24) is 4.98 Å². The molecule has 5 heteroatoms. The summed E-state index contributed by atoms with van der Waals surface area (Å²) in [6, 6.07) is 4.15. The average Bonchev–Trinajstić information content (AvgIpc) is 2.80. The molecule has 2 saturated heterocycles. The largest absolute Gasteiger partial charge is 0.374 e. The lowest BCUT2D eigenvalue weighted by atomic mass is 9.90. The summed E-state index contributed by atoms with van der Waals surface area (Å²) in [5.41, 5.74) is 0.0990. The second-order valence-corrected chi connectivity index (χ2v) is 6.51. The molecule has 1 aromatic heterocycles. The van der Waals surface area contributed by atoms with Gasteiger partial charge in [0.2, 0.25) is 0 Å². The fourth-order valence-corrected chi connectivity index (χ4v) is 4.25.